The van der Waals surface area contributed by atoms with Crippen LogP contribution < -0.4 is 10.6 Å². The van der Waals surface area contributed by atoms with E-state index in [-0.39, 0.29) is 23.4 Å². The molecule has 0 aliphatic carbocycles. The largest absolute Gasteiger partial charge is 0.350 e. The maximum atomic E-state index is 12.9. The molecule has 3 aromatic rings. The van der Waals surface area contributed by atoms with Crippen molar-refractivity contribution in [3.8, 4) is 0 Å². The lowest BCUT2D eigenvalue weighted by Gasteiger charge is -2.07. The molecule has 0 atom stereocenters. The number of carbonyl (C=O) groups excluding carboxylic acids is 1. The Hall–Kier alpha value is -3.28. The zero-order valence-corrected chi connectivity index (χ0v) is 13.4. The molecule has 0 saturated carbocycles. The number of rotatable bonds is 6. The molecule has 25 heavy (non-hydrogen) atoms. The molecule has 2 aromatic carbocycles. The normalized spacial score (nSPS) is 10.3. The van der Waals surface area contributed by atoms with Gasteiger partial charge in [-0.3, -0.25) is 4.79 Å². The summed E-state index contributed by atoms with van der Waals surface area (Å²) in [5, 5.41) is 5.78. The smallest absolute Gasteiger partial charge is 0.270 e. The number of hydrogen-bond donors (Lipinski definition) is 2. The van der Waals surface area contributed by atoms with Crippen LogP contribution in [0.25, 0.3) is 0 Å². The first-order chi connectivity index (χ1) is 12.2. The van der Waals surface area contributed by atoms with E-state index in [2.05, 4.69) is 20.6 Å². The monoisotopic (exact) mass is 336 g/mol. The molecule has 0 aliphatic rings. The van der Waals surface area contributed by atoms with E-state index in [1.165, 1.54) is 18.3 Å². The van der Waals surface area contributed by atoms with Crippen LogP contribution >= 0.6 is 0 Å². The molecule has 1 heterocycles. The molecule has 6 heteroatoms. The Morgan fingerprint density at radius 1 is 1.00 bits per heavy atom. The molecule has 1 aromatic heterocycles. The molecule has 1 amide bonds. The van der Waals surface area contributed by atoms with Gasteiger partial charge in [-0.15, -0.1) is 0 Å². The molecule has 0 radical (unpaired) electrons. The maximum Gasteiger partial charge on any atom is 0.270 e. The highest BCUT2D eigenvalue weighted by Gasteiger charge is 2.08. The summed E-state index contributed by atoms with van der Waals surface area (Å²) >= 11 is 0. The van der Waals surface area contributed by atoms with Crippen molar-refractivity contribution in [2.24, 2.45) is 0 Å². The van der Waals surface area contributed by atoms with Gasteiger partial charge in [0.15, 0.2) is 0 Å². The van der Waals surface area contributed by atoms with Gasteiger partial charge in [0.25, 0.3) is 5.91 Å². The van der Waals surface area contributed by atoms with Crippen molar-refractivity contribution < 1.29 is 9.18 Å². The van der Waals surface area contributed by atoms with Crippen molar-refractivity contribution in [1.29, 1.82) is 0 Å². The van der Waals surface area contributed by atoms with E-state index >= 15 is 0 Å². The summed E-state index contributed by atoms with van der Waals surface area (Å²) in [5.74, 6) is -0.305. The molecule has 3 rings (SSSR count). The first kappa shape index (κ1) is 16.6. The van der Waals surface area contributed by atoms with Gasteiger partial charge in [0.1, 0.15) is 11.5 Å². The quantitative estimate of drug-likeness (QED) is 0.724. The topological polar surface area (TPSA) is 66.9 Å². The van der Waals surface area contributed by atoms with E-state index in [0.717, 1.165) is 12.0 Å². The number of amides is 1. The number of carbonyl (C=O) groups is 1. The van der Waals surface area contributed by atoms with E-state index < -0.39 is 0 Å². The predicted molar refractivity (Wildman–Crippen MR) is 94.2 cm³/mol. The third-order valence-electron chi connectivity index (χ3n) is 3.53. The second-order valence-electron chi connectivity index (χ2n) is 5.39. The number of benzene rings is 2. The summed E-state index contributed by atoms with van der Waals surface area (Å²) in [6.45, 7) is 0.521. The SMILES string of the molecule is O=C(NCCc1ccccc1)c1ccnc(Nc2ccc(F)cc2)n1. The van der Waals surface area contributed by atoms with Crippen molar-refractivity contribution in [2.45, 2.75) is 6.42 Å². The maximum absolute atomic E-state index is 12.9. The summed E-state index contributed by atoms with van der Waals surface area (Å²) in [6.07, 6.45) is 2.25. The molecule has 0 aliphatic heterocycles. The molecular weight excluding hydrogens is 319 g/mol. The number of nitrogens with zero attached hydrogens (tertiary/aromatic N) is 2. The van der Waals surface area contributed by atoms with Gasteiger partial charge in [-0.25, -0.2) is 14.4 Å². The zero-order chi connectivity index (χ0) is 17.5. The number of anilines is 2. The van der Waals surface area contributed by atoms with Gasteiger partial charge < -0.3 is 10.6 Å². The third-order valence-corrected chi connectivity index (χ3v) is 3.53. The Labute approximate surface area is 145 Å². The standard InChI is InChI=1S/C19H17FN4O/c20-15-6-8-16(9-7-15)23-19-22-13-11-17(24-19)18(25)21-12-10-14-4-2-1-3-5-14/h1-9,11,13H,10,12H2,(H,21,25)(H,22,23,24). The van der Waals surface area contributed by atoms with Crippen molar-refractivity contribution in [2.75, 3.05) is 11.9 Å². The lowest BCUT2D eigenvalue weighted by Crippen LogP contribution is -2.26. The Bertz CT molecular complexity index is 838. The highest BCUT2D eigenvalue weighted by molar-refractivity contribution is 5.92. The molecule has 0 spiro atoms. The van der Waals surface area contributed by atoms with Crippen LogP contribution in [0.4, 0.5) is 16.0 Å². The van der Waals surface area contributed by atoms with Crippen LogP contribution in [-0.2, 0) is 6.42 Å². The number of hydrogen-bond acceptors (Lipinski definition) is 4. The van der Waals surface area contributed by atoms with Crippen molar-refractivity contribution in [3.05, 3.63) is 83.9 Å². The summed E-state index contributed by atoms with van der Waals surface area (Å²) in [5.41, 5.74) is 2.07. The highest BCUT2D eigenvalue weighted by atomic mass is 19.1. The van der Waals surface area contributed by atoms with Crippen LogP contribution in [0.5, 0.6) is 0 Å². The second-order valence-corrected chi connectivity index (χ2v) is 5.39. The minimum Gasteiger partial charge on any atom is -0.350 e. The van der Waals surface area contributed by atoms with Gasteiger partial charge in [0.2, 0.25) is 5.95 Å². The molecule has 0 fully saturated rings. The zero-order valence-electron chi connectivity index (χ0n) is 13.4. The average molecular weight is 336 g/mol. The lowest BCUT2D eigenvalue weighted by molar-refractivity contribution is 0.0949. The van der Waals surface area contributed by atoms with Gasteiger partial charge in [-0.1, -0.05) is 30.3 Å². The minimum atomic E-state index is -0.321. The van der Waals surface area contributed by atoms with E-state index in [4.69, 9.17) is 0 Å². The molecule has 5 nitrogen and oxygen atoms in total. The minimum absolute atomic E-state index is 0.263. The first-order valence-corrected chi connectivity index (χ1v) is 7.88. The molecule has 0 bridgehead atoms. The predicted octanol–water partition coefficient (Wildman–Crippen LogP) is 3.33. The van der Waals surface area contributed by atoms with Crippen molar-refractivity contribution >= 4 is 17.5 Å². The van der Waals surface area contributed by atoms with E-state index in [1.54, 1.807) is 18.2 Å². The van der Waals surface area contributed by atoms with Gasteiger partial charge in [-0.2, -0.15) is 0 Å². The first-order valence-electron chi connectivity index (χ1n) is 7.88. The molecule has 2 N–H and O–H groups in total. The molecule has 0 unspecified atom stereocenters. The number of nitrogens with one attached hydrogen (secondary N) is 2. The summed E-state index contributed by atoms with van der Waals surface area (Å²) in [6, 6.07) is 17.3. The van der Waals surface area contributed by atoms with Crippen LogP contribution in [-0.4, -0.2) is 22.4 Å². The van der Waals surface area contributed by atoms with Crippen LogP contribution in [0.3, 0.4) is 0 Å². The van der Waals surface area contributed by atoms with Gasteiger partial charge >= 0.3 is 0 Å². The fourth-order valence-corrected chi connectivity index (χ4v) is 2.26. The lowest BCUT2D eigenvalue weighted by atomic mass is 10.1. The fraction of sp³-hybridized carbons (Fsp3) is 0.105. The number of aromatic nitrogens is 2. The van der Waals surface area contributed by atoms with Crippen LogP contribution in [0.15, 0.2) is 66.9 Å². The van der Waals surface area contributed by atoms with Crippen LogP contribution in [0.2, 0.25) is 0 Å². The Kier molecular flexibility index (Phi) is 5.31. The molecule has 126 valence electrons. The summed E-state index contributed by atoms with van der Waals surface area (Å²) in [4.78, 5) is 20.5. The summed E-state index contributed by atoms with van der Waals surface area (Å²) in [7, 11) is 0. The van der Waals surface area contributed by atoms with Crippen LogP contribution in [0, 0.1) is 5.82 Å². The molecular formula is C19H17FN4O. The fourth-order valence-electron chi connectivity index (χ4n) is 2.26. The van der Waals surface area contributed by atoms with Gasteiger partial charge in [-0.05, 0) is 42.3 Å². The van der Waals surface area contributed by atoms with Gasteiger partial charge in [0.05, 0.1) is 0 Å². The molecule has 0 saturated heterocycles. The highest BCUT2D eigenvalue weighted by Crippen LogP contribution is 2.13. The van der Waals surface area contributed by atoms with Crippen molar-refractivity contribution in [1.82, 2.24) is 15.3 Å². The van der Waals surface area contributed by atoms with E-state index in [0.29, 0.717) is 12.2 Å². The Balaban J connectivity index is 1.58. The second kappa shape index (κ2) is 8.01. The van der Waals surface area contributed by atoms with Crippen LogP contribution in [0.1, 0.15) is 16.1 Å². The van der Waals surface area contributed by atoms with Gasteiger partial charge in [0, 0.05) is 18.4 Å². The van der Waals surface area contributed by atoms with Crippen molar-refractivity contribution in [3.63, 3.8) is 0 Å². The Morgan fingerprint density at radius 2 is 1.76 bits per heavy atom. The third kappa shape index (κ3) is 4.84. The average Bonchev–Trinajstić information content (AvgIpc) is 2.65. The Morgan fingerprint density at radius 3 is 2.52 bits per heavy atom. The van der Waals surface area contributed by atoms with E-state index in [1.807, 2.05) is 30.3 Å². The number of halogens is 1. The van der Waals surface area contributed by atoms with E-state index in [9.17, 15) is 9.18 Å². The summed E-state index contributed by atoms with van der Waals surface area (Å²) < 4.78 is 12.9.